The van der Waals surface area contributed by atoms with E-state index >= 15 is 0 Å². The number of hydrogen-bond donors (Lipinski definition) is 1. The van der Waals surface area contributed by atoms with Crippen LogP contribution in [-0.4, -0.2) is 60.0 Å². The van der Waals surface area contributed by atoms with Crippen LogP contribution >= 0.6 is 23.4 Å². The number of sulfone groups is 1. The first-order chi connectivity index (χ1) is 20.8. The number of anilines is 1. The lowest BCUT2D eigenvalue weighted by molar-refractivity contribution is -0.119. The third kappa shape index (κ3) is 7.94. The quantitative estimate of drug-likeness (QED) is 0.321. The molecule has 1 N–H and O–H groups in total. The van der Waals surface area contributed by atoms with Gasteiger partial charge in [0, 0.05) is 16.7 Å². The fraction of sp³-hybridized carbons (Fsp3) is 0.344. The van der Waals surface area contributed by atoms with Crippen LogP contribution in [0.1, 0.15) is 31.9 Å². The summed E-state index contributed by atoms with van der Waals surface area (Å²) in [7, 11) is -3.33. The monoisotopic (exact) mass is 655 g/mol. The molecule has 2 aliphatic rings. The number of aryl methyl sites for hydroxylation is 1. The molecule has 9 nitrogen and oxygen atoms in total. The molecule has 3 aromatic carbocycles. The average molecular weight is 656 g/mol. The summed E-state index contributed by atoms with van der Waals surface area (Å²) in [5, 5.41) is 3.04. The van der Waals surface area contributed by atoms with E-state index in [1.165, 1.54) is 11.8 Å². The Morgan fingerprint density at radius 2 is 1.82 bits per heavy atom. The first kappa shape index (κ1) is 31.9. The minimum absolute atomic E-state index is 0.0513. The second kappa shape index (κ2) is 12.8. The summed E-state index contributed by atoms with van der Waals surface area (Å²) < 4.78 is 37.1. The van der Waals surface area contributed by atoms with E-state index in [-0.39, 0.29) is 23.2 Å². The van der Waals surface area contributed by atoms with Gasteiger partial charge >= 0.3 is 6.09 Å². The number of carbonyl (C=O) groups excluding carboxylic acids is 2. The Bertz CT molecular complexity index is 1690. The summed E-state index contributed by atoms with van der Waals surface area (Å²) in [6, 6.07) is 20.4. The fourth-order valence-corrected chi connectivity index (χ4v) is 9.17. The van der Waals surface area contributed by atoms with Crippen molar-refractivity contribution in [3.8, 4) is 11.5 Å². The largest absolute Gasteiger partial charge is 0.455 e. The molecule has 5 rings (SSSR count). The molecular formula is C32H34ClN3O6S2. The van der Waals surface area contributed by atoms with E-state index in [0.29, 0.717) is 27.4 Å². The minimum Gasteiger partial charge on any atom is -0.455 e. The molecule has 12 heteroatoms. The van der Waals surface area contributed by atoms with Crippen LogP contribution < -0.4 is 15.0 Å². The van der Waals surface area contributed by atoms with Crippen LogP contribution in [0.15, 0.2) is 77.8 Å². The fourth-order valence-electron chi connectivity index (χ4n) is 5.09. The number of amides is 2. The van der Waals surface area contributed by atoms with Crippen molar-refractivity contribution in [3.05, 3.63) is 88.9 Å². The zero-order chi connectivity index (χ0) is 31.6. The first-order valence-electron chi connectivity index (χ1n) is 14.1. The van der Waals surface area contributed by atoms with Gasteiger partial charge in [-0.2, -0.15) is 4.99 Å². The second-order valence-corrected chi connectivity index (χ2v) is 15.6. The van der Waals surface area contributed by atoms with Crippen LogP contribution in [-0.2, 0) is 25.8 Å². The summed E-state index contributed by atoms with van der Waals surface area (Å²) in [5.41, 5.74) is 1.55. The zero-order valence-electron chi connectivity index (χ0n) is 24.8. The third-order valence-corrected chi connectivity index (χ3v) is 10.4. The van der Waals surface area contributed by atoms with Gasteiger partial charge in [0.25, 0.3) is 5.91 Å². The molecule has 3 atom stereocenters. The van der Waals surface area contributed by atoms with Crippen molar-refractivity contribution in [2.75, 3.05) is 16.4 Å². The number of alkyl carbamates (subject to hydrolysis) is 1. The molecule has 2 heterocycles. The molecule has 0 spiro atoms. The maximum Gasteiger partial charge on any atom is 0.408 e. The molecule has 0 saturated carbocycles. The minimum atomic E-state index is -3.33. The van der Waals surface area contributed by atoms with Crippen molar-refractivity contribution in [1.29, 1.82) is 0 Å². The molecule has 0 radical (unpaired) electrons. The highest BCUT2D eigenvalue weighted by atomic mass is 35.5. The highest BCUT2D eigenvalue weighted by molar-refractivity contribution is 8.16. The SMILES string of the molecule is Cc1cccc(Oc2ccc(Cl)cc2N2C(=NC(=O)[C@@H](Cc3ccccc3)NC(=O)OC(C)(C)C)S[C@H]3CS(=O)(=O)C[C@@H]32)c1. The van der Waals surface area contributed by atoms with Crippen molar-refractivity contribution in [1.82, 2.24) is 5.32 Å². The second-order valence-electron chi connectivity index (χ2n) is 11.8. The molecule has 0 aliphatic carbocycles. The number of benzene rings is 3. The molecule has 232 valence electrons. The van der Waals surface area contributed by atoms with Crippen molar-refractivity contribution >= 4 is 56.1 Å². The van der Waals surface area contributed by atoms with Crippen molar-refractivity contribution < 1.29 is 27.5 Å². The lowest BCUT2D eigenvalue weighted by atomic mass is 10.1. The number of nitrogens with one attached hydrogen (secondary N) is 1. The number of nitrogens with zero attached hydrogens (tertiary/aromatic N) is 2. The van der Waals surface area contributed by atoms with Crippen molar-refractivity contribution in [2.45, 2.75) is 57.1 Å². The molecular weight excluding hydrogens is 622 g/mol. The predicted molar refractivity (Wildman–Crippen MR) is 175 cm³/mol. The Hall–Kier alpha value is -3.54. The van der Waals surface area contributed by atoms with Crippen LogP contribution in [0.2, 0.25) is 5.02 Å². The molecule has 0 aromatic heterocycles. The molecule has 2 saturated heterocycles. The van der Waals surface area contributed by atoms with Gasteiger partial charge in [0.1, 0.15) is 17.4 Å². The number of carbonyl (C=O) groups is 2. The van der Waals surface area contributed by atoms with Gasteiger partial charge < -0.3 is 19.7 Å². The van der Waals surface area contributed by atoms with E-state index in [0.717, 1.165) is 11.1 Å². The number of fused-ring (bicyclic) bond motifs is 1. The highest BCUT2D eigenvalue weighted by Crippen LogP contribution is 2.45. The maximum atomic E-state index is 13.8. The van der Waals surface area contributed by atoms with Crippen LogP contribution in [0.5, 0.6) is 11.5 Å². The number of rotatable bonds is 7. The van der Waals surface area contributed by atoms with Gasteiger partial charge in [-0.1, -0.05) is 65.8 Å². The molecule has 0 bridgehead atoms. The van der Waals surface area contributed by atoms with Crippen molar-refractivity contribution in [2.24, 2.45) is 4.99 Å². The summed E-state index contributed by atoms with van der Waals surface area (Å²) in [6.07, 6.45) is -0.560. The normalized spacial score (nSPS) is 20.7. The lowest BCUT2D eigenvalue weighted by Gasteiger charge is -2.27. The molecule has 2 amide bonds. The molecule has 0 unspecified atom stereocenters. The van der Waals surface area contributed by atoms with E-state index in [4.69, 9.17) is 21.1 Å². The maximum absolute atomic E-state index is 13.8. The molecule has 44 heavy (non-hydrogen) atoms. The zero-order valence-corrected chi connectivity index (χ0v) is 27.2. The molecule has 2 fully saturated rings. The predicted octanol–water partition coefficient (Wildman–Crippen LogP) is 6.18. The Labute approximate surface area is 266 Å². The average Bonchev–Trinajstić information content (AvgIpc) is 3.39. The summed E-state index contributed by atoms with van der Waals surface area (Å²) in [5.74, 6) is 0.258. The Morgan fingerprint density at radius 3 is 2.52 bits per heavy atom. The van der Waals surface area contributed by atoms with E-state index in [9.17, 15) is 18.0 Å². The lowest BCUT2D eigenvalue weighted by Crippen LogP contribution is -2.45. The Kier molecular flexibility index (Phi) is 9.29. The number of halogens is 1. The third-order valence-electron chi connectivity index (χ3n) is 6.94. The first-order valence-corrected chi connectivity index (χ1v) is 17.2. The van der Waals surface area contributed by atoms with E-state index in [2.05, 4.69) is 10.3 Å². The smallest absolute Gasteiger partial charge is 0.408 e. The van der Waals surface area contributed by atoms with Gasteiger partial charge in [-0.3, -0.25) is 4.79 Å². The van der Waals surface area contributed by atoms with Gasteiger partial charge in [0.05, 0.1) is 23.2 Å². The van der Waals surface area contributed by atoms with Crippen LogP contribution in [0.4, 0.5) is 10.5 Å². The molecule has 3 aromatic rings. The Balaban J connectivity index is 1.53. The number of hydrogen-bond acceptors (Lipinski definition) is 7. The van der Waals surface area contributed by atoms with Gasteiger partial charge in [0.2, 0.25) is 0 Å². The van der Waals surface area contributed by atoms with Gasteiger partial charge in [-0.25, -0.2) is 13.2 Å². The number of ether oxygens (including phenoxy) is 2. The standard InChI is InChI=1S/C32H34ClN3O6S2/c1-20-9-8-12-23(15-20)41-27-14-13-22(33)17-25(27)36-26-18-44(39,40)19-28(26)43-30(36)35-29(37)24(16-21-10-6-5-7-11-21)34-31(38)42-32(2,3)4/h5-15,17,24,26,28H,16,18-19H2,1-4H3,(H,34,38)/t24-,26+,28+/m1/s1. The van der Waals surface area contributed by atoms with Crippen LogP contribution in [0, 0.1) is 6.92 Å². The number of thioether (sulfide) groups is 1. The summed E-state index contributed by atoms with van der Waals surface area (Å²) in [4.78, 5) is 32.8. The van der Waals surface area contributed by atoms with Gasteiger partial charge in [-0.05, 0) is 69.2 Å². The van der Waals surface area contributed by atoms with E-state index in [1.807, 2.05) is 61.5 Å². The Morgan fingerprint density at radius 1 is 1.07 bits per heavy atom. The topological polar surface area (TPSA) is 114 Å². The summed E-state index contributed by atoms with van der Waals surface area (Å²) in [6.45, 7) is 7.17. The van der Waals surface area contributed by atoms with E-state index in [1.54, 1.807) is 43.9 Å². The number of amidine groups is 1. The summed E-state index contributed by atoms with van der Waals surface area (Å²) >= 11 is 7.68. The van der Waals surface area contributed by atoms with Gasteiger partial charge in [0.15, 0.2) is 20.8 Å². The van der Waals surface area contributed by atoms with Crippen LogP contribution in [0.25, 0.3) is 0 Å². The number of aliphatic imine (C=N–C) groups is 1. The highest BCUT2D eigenvalue weighted by Gasteiger charge is 2.50. The van der Waals surface area contributed by atoms with E-state index < -0.39 is 39.5 Å². The van der Waals surface area contributed by atoms with Gasteiger partial charge in [-0.15, -0.1) is 0 Å². The molecule has 2 aliphatic heterocycles. The van der Waals surface area contributed by atoms with Crippen LogP contribution in [0.3, 0.4) is 0 Å². The van der Waals surface area contributed by atoms with Crippen molar-refractivity contribution in [3.63, 3.8) is 0 Å².